The number of carboxylic acid groups (broad SMARTS) is 1. The highest BCUT2D eigenvalue weighted by Gasteiger charge is 2.05. The summed E-state index contributed by atoms with van der Waals surface area (Å²) in [6, 6.07) is 0. The van der Waals surface area contributed by atoms with Gasteiger partial charge < -0.3 is 14.9 Å². The average molecular weight is 158 g/mol. The van der Waals surface area contributed by atoms with Gasteiger partial charge in [-0.1, -0.05) is 11.8 Å². The van der Waals surface area contributed by atoms with E-state index in [0.717, 1.165) is 0 Å². The summed E-state index contributed by atoms with van der Waals surface area (Å²) in [5.41, 5.74) is -1.10. The molecule has 0 aliphatic carbocycles. The Bertz CT molecular complexity index is 191. The van der Waals surface area contributed by atoms with Gasteiger partial charge in [-0.2, -0.15) is 0 Å². The number of aliphatic hydroxyl groups is 1. The van der Waals surface area contributed by atoms with E-state index in [4.69, 9.17) is 10.2 Å². The van der Waals surface area contributed by atoms with Crippen LogP contribution < -0.4 is 0 Å². The minimum absolute atomic E-state index is 0.209. The molecule has 0 aromatic carbocycles. The third-order valence-corrected chi connectivity index (χ3v) is 0.662. The Hall–Kier alpha value is -1.21. The largest absolute Gasteiger partial charge is 0.506 e. The predicted octanol–water partition coefficient (Wildman–Crippen LogP) is 0.455. The van der Waals surface area contributed by atoms with E-state index in [-0.39, 0.29) is 6.61 Å². The van der Waals surface area contributed by atoms with Crippen LogP contribution in [-0.4, -0.2) is 28.6 Å². The molecular weight excluding hydrogens is 148 g/mol. The Labute approximate surface area is 64.8 Å². The SMILES string of the molecule is CC(C)(O)C#CCOC(=O)O. The zero-order valence-electron chi connectivity index (χ0n) is 6.42. The van der Waals surface area contributed by atoms with Crippen molar-refractivity contribution in [1.29, 1.82) is 0 Å². The Morgan fingerprint density at radius 3 is 2.55 bits per heavy atom. The molecule has 11 heavy (non-hydrogen) atoms. The van der Waals surface area contributed by atoms with Gasteiger partial charge >= 0.3 is 6.16 Å². The molecule has 0 bridgehead atoms. The first-order valence-corrected chi connectivity index (χ1v) is 3.00. The van der Waals surface area contributed by atoms with E-state index in [1.165, 1.54) is 13.8 Å². The van der Waals surface area contributed by atoms with Crippen LogP contribution in [0.5, 0.6) is 0 Å². The third kappa shape index (κ3) is 8.79. The highest BCUT2D eigenvalue weighted by molar-refractivity contribution is 5.57. The molecule has 0 aromatic heterocycles. The summed E-state index contributed by atoms with van der Waals surface area (Å²) in [6.45, 7) is 2.79. The van der Waals surface area contributed by atoms with E-state index in [0.29, 0.717) is 0 Å². The molecule has 62 valence electrons. The van der Waals surface area contributed by atoms with Crippen LogP contribution in [-0.2, 0) is 4.74 Å². The van der Waals surface area contributed by atoms with Crippen molar-refractivity contribution in [2.75, 3.05) is 6.61 Å². The number of hydrogen-bond donors (Lipinski definition) is 2. The number of rotatable bonds is 1. The van der Waals surface area contributed by atoms with E-state index in [9.17, 15) is 4.79 Å². The van der Waals surface area contributed by atoms with Crippen molar-refractivity contribution in [2.24, 2.45) is 0 Å². The lowest BCUT2D eigenvalue weighted by Gasteiger charge is -2.05. The van der Waals surface area contributed by atoms with Crippen LogP contribution in [0.1, 0.15) is 13.8 Å². The second-order valence-electron chi connectivity index (χ2n) is 2.42. The summed E-state index contributed by atoms with van der Waals surface area (Å²) < 4.78 is 4.07. The Morgan fingerprint density at radius 2 is 2.18 bits per heavy atom. The Morgan fingerprint density at radius 1 is 1.64 bits per heavy atom. The van der Waals surface area contributed by atoms with Gasteiger partial charge in [0.05, 0.1) is 0 Å². The van der Waals surface area contributed by atoms with Crippen molar-refractivity contribution in [3.63, 3.8) is 0 Å². The minimum atomic E-state index is -1.37. The molecule has 0 unspecified atom stereocenters. The van der Waals surface area contributed by atoms with Gasteiger partial charge in [-0.3, -0.25) is 0 Å². The first-order valence-electron chi connectivity index (χ1n) is 3.00. The molecule has 2 N–H and O–H groups in total. The van der Waals surface area contributed by atoms with Gasteiger partial charge in [0.15, 0.2) is 6.61 Å². The van der Waals surface area contributed by atoms with Gasteiger partial charge in [0.25, 0.3) is 0 Å². The summed E-state index contributed by atoms with van der Waals surface area (Å²) in [5, 5.41) is 17.0. The minimum Gasteiger partial charge on any atom is -0.450 e. The van der Waals surface area contributed by atoms with E-state index in [2.05, 4.69) is 16.6 Å². The number of carbonyl (C=O) groups is 1. The zero-order chi connectivity index (χ0) is 8.91. The van der Waals surface area contributed by atoms with Crippen molar-refractivity contribution >= 4 is 6.16 Å². The Kier molecular flexibility index (Phi) is 3.42. The molecule has 0 radical (unpaired) electrons. The van der Waals surface area contributed by atoms with E-state index < -0.39 is 11.8 Å². The molecule has 0 heterocycles. The van der Waals surface area contributed by atoms with Crippen LogP contribution in [0.25, 0.3) is 0 Å². The van der Waals surface area contributed by atoms with Crippen molar-refractivity contribution < 1.29 is 19.7 Å². The molecule has 0 atom stereocenters. The molecule has 0 aliphatic rings. The lowest BCUT2D eigenvalue weighted by molar-refractivity contribution is 0.103. The van der Waals surface area contributed by atoms with Crippen molar-refractivity contribution in [3.8, 4) is 11.8 Å². The topological polar surface area (TPSA) is 66.8 Å². The number of hydrogen-bond acceptors (Lipinski definition) is 3. The maximum atomic E-state index is 9.77. The summed E-state index contributed by atoms with van der Waals surface area (Å²) in [4.78, 5) is 9.77. The van der Waals surface area contributed by atoms with E-state index in [1.807, 2.05) is 0 Å². The fourth-order valence-electron chi connectivity index (χ4n) is 0.350. The van der Waals surface area contributed by atoms with E-state index >= 15 is 0 Å². The molecule has 0 aliphatic heterocycles. The van der Waals surface area contributed by atoms with Crippen molar-refractivity contribution in [1.82, 2.24) is 0 Å². The van der Waals surface area contributed by atoms with Crippen LogP contribution in [0.2, 0.25) is 0 Å². The maximum Gasteiger partial charge on any atom is 0.506 e. The lowest BCUT2D eigenvalue weighted by atomic mass is 10.1. The second kappa shape index (κ2) is 3.84. The van der Waals surface area contributed by atoms with Gasteiger partial charge in [0.1, 0.15) is 5.60 Å². The molecule has 0 aromatic rings. The number of ether oxygens (including phenoxy) is 1. The molecule has 4 heteroatoms. The van der Waals surface area contributed by atoms with Crippen LogP contribution >= 0.6 is 0 Å². The fourth-order valence-corrected chi connectivity index (χ4v) is 0.350. The average Bonchev–Trinajstić information content (AvgIpc) is 1.78. The summed E-state index contributed by atoms with van der Waals surface area (Å²) in [7, 11) is 0. The monoisotopic (exact) mass is 158 g/mol. The molecular formula is C7H10O4. The molecule has 0 amide bonds. The highest BCUT2D eigenvalue weighted by atomic mass is 16.7. The first-order chi connectivity index (χ1) is 4.92. The first kappa shape index (κ1) is 9.79. The van der Waals surface area contributed by atoms with Gasteiger partial charge in [0.2, 0.25) is 0 Å². The fraction of sp³-hybridized carbons (Fsp3) is 0.571. The summed E-state index contributed by atoms with van der Waals surface area (Å²) in [6.07, 6.45) is -1.37. The van der Waals surface area contributed by atoms with Gasteiger partial charge in [-0.25, -0.2) is 4.79 Å². The summed E-state index contributed by atoms with van der Waals surface area (Å²) >= 11 is 0. The highest BCUT2D eigenvalue weighted by Crippen LogP contribution is 1.95. The van der Waals surface area contributed by atoms with Gasteiger partial charge in [0, 0.05) is 0 Å². The smallest absolute Gasteiger partial charge is 0.450 e. The van der Waals surface area contributed by atoms with Crippen LogP contribution in [0.3, 0.4) is 0 Å². The maximum absolute atomic E-state index is 9.77. The zero-order valence-corrected chi connectivity index (χ0v) is 6.42. The normalized spacial score (nSPS) is 9.73. The quantitative estimate of drug-likeness (QED) is 0.429. The van der Waals surface area contributed by atoms with Gasteiger partial charge in [-0.05, 0) is 13.8 Å². The molecule has 0 saturated heterocycles. The second-order valence-corrected chi connectivity index (χ2v) is 2.42. The third-order valence-electron chi connectivity index (χ3n) is 0.662. The van der Waals surface area contributed by atoms with Crippen molar-refractivity contribution in [3.05, 3.63) is 0 Å². The standard InChI is InChI=1S/C7H10O4/c1-7(2,10)4-3-5-11-6(8)9/h10H,5H2,1-2H3,(H,8,9). The Balaban J connectivity index is 3.66. The van der Waals surface area contributed by atoms with Crippen molar-refractivity contribution in [2.45, 2.75) is 19.4 Å². The van der Waals surface area contributed by atoms with Crippen LogP contribution in [0, 0.1) is 11.8 Å². The molecule has 0 fully saturated rings. The van der Waals surface area contributed by atoms with Crippen LogP contribution in [0.4, 0.5) is 4.79 Å². The molecule has 4 nitrogen and oxygen atoms in total. The predicted molar refractivity (Wildman–Crippen MR) is 38.1 cm³/mol. The van der Waals surface area contributed by atoms with Gasteiger partial charge in [-0.15, -0.1) is 0 Å². The molecule has 0 spiro atoms. The molecule has 0 rings (SSSR count). The van der Waals surface area contributed by atoms with Crippen LogP contribution in [0.15, 0.2) is 0 Å². The molecule has 0 saturated carbocycles. The summed E-state index contributed by atoms with van der Waals surface area (Å²) in [5.74, 6) is 4.75. The lowest BCUT2D eigenvalue weighted by Crippen LogP contribution is -2.15. The van der Waals surface area contributed by atoms with E-state index in [1.54, 1.807) is 0 Å².